The maximum Gasteiger partial charge on any atom is 0.219 e. The van der Waals surface area contributed by atoms with Crippen LogP contribution in [0.5, 0.6) is 11.6 Å². The smallest absolute Gasteiger partial charge is 0.219 e. The van der Waals surface area contributed by atoms with Crippen LogP contribution in [-0.2, 0) is 6.54 Å². The first-order valence-electron chi connectivity index (χ1n) is 6.36. The molecule has 2 rings (SSSR count). The molecule has 0 aliphatic carbocycles. The molecule has 0 amide bonds. The van der Waals surface area contributed by atoms with Crippen LogP contribution in [0.2, 0.25) is 0 Å². The predicted octanol–water partition coefficient (Wildman–Crippen LogP) is 3.65. The topological polar surface area (TPSA) is 34.1 Å². The number of nitrogens with one attached hydrogen (secondary N) is 1. The van der Waals surface area contributed by atoms with E-state index in [0.29, 0.717) is 11.9 Å². The summed E-state index contributed by atoms with van der Waals surface area (Å²) in [4.78, 5) is 4.13. The molecule has 0 saturated heterocycles. The van der Waals surface area contributed by atoms with Crippen molar-refractivity contribution in [3.05, 3.63) is 53.7 Å². The summed E-state index contributed by atoms with van der Waals surface area (Å²) in [6.07, 6.45) is 1.69. The lowest BCUT2D eigenvalue weighted by molar-refractivity contribution is 0.447. The van der Waals surface area contributed by atoms with E-state index in [1.165, 1.54) is 6.07 Å². The van der Waals surface area contributed by atoms with E-state index in [0.717, 1.165) is 24.2 Å². The van der Waals surface area contributed by atoms with Crippen molar-refractivity contribution in [2.45, 2.75) is 26.4 Å². The fourth-order valence-corrected chi connectivity index (χ4v) is 1.56. The Bertz CT molecular complexity index is 571. The minimum atomic E-state index is -0.944. The van der Waals surface area contributed by atoms with E-state index in [4.69, 9.17) is 4.74 Å². The third-order valence-electron chi connectivity index (χ3n) is 2.63. The number of hydrogen-bond acceptors (Lipinski definition) is 3. The third-order valence-corrected chi connectivity index (χ3v) is 2.63. The van der Waals surface area contributed by atoms with Gasteiger partial charge >= 0.3 is 0 Å². The lowest BCUT2D eigenvalue weighted by atomic mass is 10.2. The second-order valence-electron chi connectivity index (χ2n) is 4.72. The van der Waals surface area contributed by atoms with Crippen LogP contribution in [-0.4, -0.2) is 11.0 Å². The Morgan fingerprint density at radius 1 is 1.15 bits per heavy atom. The molecule has 2 aromatic rings. The molecular formula is C15H16F2N2O. The van der Waals surface area contributed by atoms with Crippen LogP contribution in [0.25, 0.3) is 0 Å². The Morgan fingerprint density at radius 2 is 1.95 bits per heavy atom. The van der Waals surface area contributed by atoms with Crippen molar-refractivity contribution in [3.63, 3.8) is 0 Å². The van der Waals surface area contributed by atoms with Gasteiger partial charge in [0.05, 0.1) is 0 Å². The Kier molecular flexibility index (Phi) is 4.63. The van der Waals surface area contributed by atoms with Crippen molar-refractivity contribution >= 4 is 0 Å². The monoisotopic (exact) mass is 278 g/mol. The lowest BCUT2D eigenvalue weighted by Crippen LogP contribution is -2.21. The highest BCUT2D eigenvalue weighted by Crippen LogP contribution is 2.21. The predicted molar refractivity (Wildman–Crippen MR) is 72.6 cm³/mol. The van der Waals surface area contributed by atoms with E-state index < -0.39 is 11.6 Å². The molecule has 20 heavy (non-hydrogen) atoms. The molecule has 1 aromatic carbocycles. The van der Waals surface area contributed by atoms with E-state index in [1.54, 1.807) is 12.3 Å². The molecule has 3 nitrogen and oxygen atoms in total. The number of benzene rings is 1. The van der Waals surface area contributed by atoms with E-state index in [9.17, 15) is 8.78 Å². The molecule has 0 atom stereocenters. The molecule has 0 aliphatic rings. The fraction of sp³-hybridized carbons (Fsp3) is 0.267. The number of halogens is 2. The number of aromatic nitrogens is 1. The van der Waals surface area contributed by atoms with Gasteiger partial charge < -0.3 is 10.1 Å². The van der Waals surface area contributed by atoms with Gasteiger partial charge in [-0.25, -0.2) is 13.8 Å². The van der Waals surface area contributed by atoms with Crippen LogP contribution in [0.4, 0.5) is 8.78 Å². The summed E-state index contributed by atoms with van der Waals surface area (Å²) in [5.74, 6) is -1.30. The summed E-state index contributed by atoms with van der Waals surface area (Å²) in [5, 5.41) is 3.27. The van der Waals surface area contributed by atoms with Crippen molar-refractivity contribution in [1.82, 2.24) is 10.3 Å². The first-order chi connectivity index (χ1) is 9.54. The van der Waals surface area contributed by atoms with Crippen LogP contribution in [0.1, 0.15) is 19.4 Å². The Balaban J connectivity index is 2.01. The van der Waals surface area contributed by atoms with Gasteiger partial charge in [-0.15, -0.1) is 0 Å². The number of rotatable bonds is 5. The molecule has 0 spiro atoms. The average molecular weight is 278 g/mol. The first-order valence-corrected chi connectivity index (χ1v) is 6.36. The van der Waals surface area contributed by atoms with Crippen molar-refractivity contribution in [2.24, 2.45) is 0 Å². The zero-order valence-electron chi connectivity index (χ0n) is 11.4. The van der Waals surface area contributed by atoms with Crippen molar-refractivity contribution in [3.8, 4) is 11.6 Å². The summed E-state index contributed by atoms with van der Waals surface area (Å²) in [7, 11) is 0. The Hall–Kier alpha value is -2.01. The maximum absolute atomic E-state index is 13.0. The second-order valence-corrected chi connectivity index (χ2v) is 4.72. The summed E-state index contributed by atoms with van der Waals surface area (Å²) >= 11 is 0. The third kappa shape index (κ3) is 3.99. The number of hydrogen-bond donors (Lipinski definition) is 1. The molecule has 1 aromatic heterocycles. The zero-order valence-corrected chi connectivity index (χ0v) is 11.4. The molecule has 1 heterocycles. The zero-order chi connectivity index (χ0) is 14.5. The SMILES string of the molecule is CC(C)NCc1ccc(Oc2ccc(F)c(F)c2)nc1. The van der Waals surface area contributed by atoms with Crippen LogP contribution in [0.15, 0.2) is 36.5 Å². The van der Waals surface area contributed by atoms with Gasteiger partial charge in [0, 0.05) is 30.9 Å². The van der Waals surface area contributed by atoms with Gasteiger partial charge in [-0.3, -0.25) is 0 Å². The molecule has 106 valence electrons. The van der Waals surface area contributed by atoms with Crippen LogP contribution >= 0.6 is 0 Å². The Labute approximate surface area is 116 Å². The van der Waals surface area contributed by atoms with E-state index in [2.05, 4.69) is 24.1 Å². The largest absolute Gasteiger partial charge is 0.439 e. The van der Waals surface area contributed by atoms with Gasteiger partial charge in [-0.1, -0.05) is 19.9 Å². The van der Waals surface area contributed by atoms with Gasteiger partial charge in [0.15, 0.2) is 11.6 Å². The van der Waals surface area contributed by atoms with Gasteiger partial charge in [0.2, 0.25) is 5.88 Å². The molecule has 0 fully saturated rings. The number of nitrogens with zero attached hydrogens (tertiary/aromatic N) is 1. The molecule has 0 unspecified atom stereocenters. The standard InChI is InChI=1S/C15H16F2N2O/c1-10(2)18-8-11-3-6-15(19-9-11)20-12-4-5-13(16)14(17)7-12/h3-7,9-10,18H,8H2,1-2H3. The molecule has 1 N–H and O–H groups in total. The van der Waals surface area contributed by atoms with Gasteiger partial charge in [-0.2, -0.15) is 0 Å². The van der Waals surface area contributed by atoms with Gasteiger partial charge in [0.25, 0.3) is 0 Å². The highest BCUT2D eigenvalue weighted by molar-refractivity contribution is 5.28. The van der Waals surface area contributed by atoms with Gasteiger partial charge in [0.1, 0.15) is 5.75 Å². The lowest BCUT2D eigenvalue weighted by Gasteiger charge is -2.09. The normalized spacial score (nSPS) is 10.8. The Morgan fingerprint density at radius 3 is 2.55 bits per heavy atom. The summed E-state index contributed by atoms with van der Waals surface area (Å²) < 4.78 is 31.2. The maximum atomic E-state index is 13.0. The van der Waals surface area contributed by atoms with E-state index in [-0.39, 0.29) is 5.75 Å². The van der Waals surface area contributed by atoms with E-state index in [1.807, 2.05) is 6.07 Å². The molecule has 0 saturated carbocycles. The molecule has 0 aliphatic heterocycles. The van der Waals surface area contributed by atoms with Crippen LogP contribution < -0.4 is 10.1 Å². The number of ether oxygens (including phenoxy) is 1. The highest BCUT2D eigenvalue weighted by Gasteiger charge is 2.05. The average Bonchev–Trinajstić information content (AvgIpc) is 2.42. The molecule has 0 bridgehead atoms. The minimum absolute atomic E-state index is 0.212. The molecule has 5 heteroatoms. The minimum Gasteiger partial charge on any atom is -0.439 e. The van der Waals surface area contributed by atoms with Crippen LogP contribution in [0, 0.1) is 11.6 Å². The summed E-state index contributed by atoms with van der Waals surface area (Å²) in [5.41, 5.74) is 1.02. The first kappa shape index (κ1) is 14.4. The summed E-state index contributed by atoms with van der Waals surface area (Å²) in [6, 6.07) is 7.33. The number of pyridine rings is 1. The molecular weight excluding hydrogens is 262 g/mol. The van der Waals surface area contributed by atoms with Crippen molar-refractivity contribution < 1.29 is 13.5 Å². The second kappa shape index (κ2) is 6.43. The van der Waals surface area contributed by atoms with E-state index >= 15 is 0 Å². The highest BCUT2D eigenvalue weighted by atomic mass is 19.2. The fourth-order valence-electron chi connectivity index (χ4n) is 1.56. The van der Waals surface area contributed by atoms with Crippen molar-refractivity contribution in [1.29, 1.82) is 0 Å². The summed E-state index contributed by atoms with van der Waals surface area (Å²) in [6.45, 7) is 4.85. The molecule has 0 radical (unpaired) electrons. The van der Waals surface area contributed by atoms with Gasteiger partial charge in [-0.05, 0) is 17.7 Å². The van der Waals surface area contributed by atoms with Crippen molar-refractivity contribution in [2.75, 3.05) is 0 Å². The quantitative estimate of drug-likeness (QED) is 0.906. The van der Waals surface area contributed by atoms with Crippen LogP contribution in [0.3, 0.4) is 0 Å².